The molecule has 0 bridgehead atoms. The lowest BCUT2D eigenvalue weighted by molar-refractivity contribution is -0.143. The van der Waals surface area contributed by atoms with Crippen molar-refractivity contribution in [3.63, 3.8) is 0 Å². The van der Waals surface area contributed by atoms with E-state index in [2.05, 4.69) is 15.5 Å². The van der Waals surface area contributed by atoms with E-state index >= 15 is 0 Å². The molecule has 0 spiro atoms. The molecule has 0 saturated heterocycles. The molecule has 1 aromatic rings. The van der Waals surface area contributed by atoms with Crippen molar-refractivity contribution < 1.29 is 9.90 Å². The average Bonchev–Trinajstić information content (AvgIpc) is 2.52. The highest BCUT2D eigenvalue weighted by Crippen LogP contribution is 2.20. The molecule has 0 aliphatic heterocycles. The first-order chi connectivity index (χ1) is 6.57. The maximum Gasteiger partial charge on any atom is 0.328 e. The van der Waals surface area contributed by atoms with E-state index in [-0.39, 0.29) is 5.92 Å². The van der Waals surface area contributed by atoms with Crippen molar-refractivity contribution in [2.24, 2.45) is 5.92 Å². The maximum atomic E-state index is 11.0. The summed E-state index contributed by atoms with van der Waals surface area (Å²) in [5, 5.41) is 19.9. The summed E-state index contributed by atoms with van der Waals surface area (Å²) in [6.07, 6.45) is 0.774. The standard InChI is InChI=1S/C8H14N4O2/c1-4-5(2)7(8(13)14)12-6(3)9-10-11-12/h5,7H,4H2,1-3H3,(H,13,14). The molecule has 0 aliphatic carbocycles. The van der Waals surface area contributed by atoms with E-state index in [0.29, 0.717) is 5.82 Å². The molecule has 0 amide bonds. The number of aliphatic carboxylic acids is 1. The van der Waals surface area contributed by atoms with E-state index in [1.165, 1.54) is 4.68 Å². The van der Waals surface area contributed by atoms with Gasteiger partial charge in [0.1, 0.15) is 5.82 Å². The van der Waals surface area contributed by atoms with Gasteiger partial charge in [-0.05, 0) is 23.3 Å². The van der Waals surface area contributed by atoms with Gasteiger partial charge in [0.15, 0.2) is 6.04 Å². The number of tetrazole rings is 1. The highest BCUT2D eigenvalue weighted by Gasteiger charge is 2.27. The van der Waals surface area contributed by atoms with Crippen LogP contribution in [0.3, 0.4) is 0 Å². The molecule has 0 aromatic carbocycles. The Labute approximate surface area is 81.9 Å². The SMILES string of the molecule is CCC(C)C(C(=O)O)n1nnnc1C. The topological polar surface area (TPSA) is 80.9 Å². The summed E-state index contributed by atoms with van der Waals surface area (Å²) in [6, 6.07) is -0.671. The van der Waals surface area contributed by atoms with Gasteiger partial charge in [-0.1, -0.05) is 20.3 Å². The van der Waals surface area contributed by atoms with E-state index in [1.54, 1.807) is 6.92 Å². The lowest BCUT2D eigenvalue weighted by Crippen LogP contribution is -2.27. The van der Waals surface area contributed by atoms with Gasteiger partial charge in [0.25, 0.3) is 0 Å². The minimum atomic E-state index is -0.894. The van der Waals surface area contributed by atoms with Gasteiger partial charge in [-0.25, -0.2) is 9.48 Å². The van der Waals surface area contributed by atoms with Crippen LogP contribution in [0.25, 0.3) is 0 Å². The number of rotatable bonds is 4. The van der Waals surface area contributed by atoms with Crippen molar-refractivity contribution in [1.82, 2.24) is 20.2 Å². The fourth-order valence-electron chi connectivity index (χ4n) is 1.31. The summed E-state index contributed by atoms with van der Waals surface area (Å²) >= 11 is 0. The first-order valence-corrected chi connectivity index (χ1v) is 4.55. The highest BCUT2D eigenvalue weighted by atomic mass is 16.4. The van der Waals surface area contributed by atoms with Crippen LogP contribution in [0.2, 0.25) is 0 Å². The summed E-state index contributed by atoms with van der Waals surface area (Å²) in [6.45, 7) is 5.51. The van der Waals surface area contributed by atoms with Crippen LogP contribution >= 0.6 is 0 Å². The van der Waals surface area contributed by atoms with Crippen LogP contribution < -0.4 is 0 Å². The largest absolute Gasteiger partial charge is 0.480 e. The van der Waals surface area contributed by atoms with Gasteiger partial charge < -0.3 is 5.11 Å². The molecule has 78 valence electrons. The van der Waals surface area contributed by atoms with Gasteiger partial charge >= 0.3 is 5.97 Å². The number of carbonyl (C=O) groups is 1. The lowest BCUT2D eigenvalue weighted by atomic mass is 9.99. The highest BCUT2D eigenvalue weighted by molar-refractivity contribution is 5.72. The van der Waals surface area contributed by atoms with E-state index in [0.717, 1.165) is 6.42 Å². The Balaban J connectivity index is 3.00. The predicted molar refractivity (Wildman–Crippen MR) is 48.7 cm³/mol. The van der Waals surface area contributed by atoms with Crippen molar-refractivity contribution >= 4 is 5.97 Å². The molecule has 6 nitrogen and oxygen atoms in total. The third kappa shape index (κ3) is 1.89. The monoisotopic (exact) mass is 198 g/mol. The Bertz CT molecular complexity index is 323. The van der Waals surface area contributed by atoms with Gasteiger partial charge in [0.05, 0.1) is 0 Å². The molecule has 0 fully saturated rings. The minimum Gasteiger partial charge on any atom is -0.480 e. The molecule has 0 saturated carbocycles. The number of aryl methyl sites for hydroxylation is 1. The Morgan fingerprint density at radius 1 is 1.64 bits per heavy atom. The quantitative estimate of drug-likeness (QED) is 0.768. The van der Waals surface area contributed by atoms with Crippen molar-refractivity contribution in [2.75, 3.05) is 0 Å². The molecule has 1 rings (SSSR count). The van der Waals surface area contributed by atoms with Crippen LogP contribution in [0.15, 0.2) is 0 Å². The Morgan fingerprint density at radius 2 is 2.29 bits per heavy atom. The zero-order valence-electron chi connectivity index (χ0n) is 8.51. The van der Waals surface area contributed by atoms with E-state index in [1.807, 2.05) is 13.8 Å². The van der Waals surface area contributed by atoms with E-state index < -0.39 is 12.0 Å². The third-order valence-corrected chi connectivity index (χ3v) is 2.36. The zero-order chi connectivity index (χ0) is 10.7. The van der Waals surface area contributed by atoms with Crippen LogP contribution in [0.1, 0.15) is 32.1 Å². The molecule has 0 radical (unpaired) electrons. The summed E-state index contributed by atoms with van der Waals surface area (Å²) in [7, 11) is 0. The molecule has 0 aliphatic rings. The number of nitrogens with zero attached hydrogens (tertiary/aromatic N) is 4. The second-order valence-electron chi connectivity index (χ2n) is 3.34. The average molecular weight is 198 g/mol. The fourth-order valence-corrected chi connectivity index (χ4v) is 1.31. The first kappa shape index (κ1) is 10.6. The predicted octanol–water partition coefficient (Wildman–Crippen LogP) is 0.653. The van der Waals surface area contributed by atoms with Gasteiger partial charge in [-0.2, -0.15) is 0 Å². The van der Waals surface area contributed by atoms with Crippen molar-refractivity contribution in [2.45, 2.75) is 33.2 Å². The van der Waals surface area contributed by atoms with E-state index in [9.17, 15) is 4.79 Å². The normalized spacial score (nSPS) is 15.1. The minimum absolute atomic E-state index is 0.00898. The number of aromatic nitrogens is 4. The molecule has 2 unspecified atom stereocenters. The molecular weight excluding hydrogens is 184 g/mol. The summed E-state index contributed by atoms with van der Waals surface area (Å²) in [5.74, 6) is -0.359. The Morgan fingerprint density at radius 3 is 2.64 bits per heavy atom. The number of carboxylic acids is 1. The van der Waals surface area contributed by atoms with Crippen LogP contribution in [-0.2, 0) is 4.79 Å². The number of hydrogen-bond donors (Lipinski definition) is 1. The molecule has 14 heavy (non-hydrogen) atoms. The Kier molecular flexibility index (Phi) is 3.16. The maximum absolute atomic E-state index is 11.0. The fraction of sp³-hybridized carbons (Fsp3) is 0.750. The van der Waals surface area contributed by atoms with Crippen molar-refractivity contribution in [3.8, 4) is 0 Å². The third-order valence-electron chi connectivity index (χ3n) is 2.36. The molecule has 1 heterocycles. The summed E-state index contributed by atoms with van der Waals surface area (Å²) in [4.78, 5) is 11.0. The summed E-state index contributed by atoms with van der Waals surface area (Å²) < 4.78 is 1.36. The van der Waals surface area contributed by atoms with Gasteiger partial charge in [0, 0.05) is 0 Å². The molecule has 1 aromatic heterocycles. The second-order valence-corrected chi connectivity index (χ2v) is 3.34. The molecular formula is C8H14N4O2. The number of carboxylic acid groups (broad SMARTS) is 1. The first-order valence-electron chi connectivity index (χ1n) is 4.55. The Hall–Kier alpha value is -1.46. The van der Waals surface area contributed by atoms with Crippen LogP contribution in [0.4, 0.5) is 0 Å². The second kappa shape index (κ2) is 4.17. The van der Waals surface area contributed by atoms with Gasteiger partial charge in [-0.15, -0.1) is 5.10 Å². The van der Waals surface area contributed by atoms with E-state index in [4.69, 9.17) is 5.11 Å². The van der Waals surface area contributed by atoms with Crippen molar-refractivity contribution in [1.29, 1.82) is 0 Å². The lowest BCUT2D eigenvalue weighted by Gasteiger charge is -2.18. The van der Waals surface area contributed by atoms with Crippen molar-refractivity contribution in [3.05, 3.63) is 5.82 Å². The van der Waals surface area contributed by atoms with Crippen LogP contribution in [0.5, 0.6) is 0 Å². The van der Waals surface area contributed by atoms with Crippen LogP contribution in [-0.4, -0.2) is 31.3 Å². The summed E-state index contributed by atoms with van der Waals surface area (Å²) in [5.41, 5.74) is 0. The van der Waals surface area contributed by atoms with Gasteiger partial charge in [0.2, 0.25) is 0 Å². The van der Waals surface area contributed by atoms with Crippen LogP contribution in [0, 0.1) is 12.8 Å². The smallest absolute Gasteiger partial charge is 0.328 e. The number of hydrogen-bond acceptors (Lipinski definition) is 4. The zero-order valence-corrected chi connectivity index (χ0v) is 8.51. The molecule has 6 heteroatoms. The molecule has 1 N–H and O–H groups in total. The van der Waals surface area contributed by atoms with Gasteiger partial charge in [-0.3, -0.25) is 0 Å². The molecule has 2 atom stereocenters.